The summed E-state index contributed by atoms with van der Waals surface area (Å²) < 4.78 is 13.6. The molecule has 0 unspecified atom stereocenters. The second-order valence-corrected chi connectivity index (χ2v) is 30.7. The van der Waals surface area contributed by atoms with Gasteiger partial charge in [0.25, 0.3) is 0 Å². The van der Waals surface area contributed by atoms with Gasteiger partial charge in [0.05, 0.1) is 0 Å². The van der Waals surface area contributed by atoms with Crippen molar-refractivity contribution in [2.45, 2.75) is 65.2 Å². The normalized spacial score (nSPS) is 14.4. The van der Waals surface area contributed by atoms with Gasteiger partial charge in [-0.1, -0.05) is 122 Å². The van der Waals surface area contributed by atoms with E-state index in [0.29, 0.717) is 0 Å². The molecule has 49 heavy (non-hydrogen) atoms. The molecule has 0 atom stereocenters. The van der Waals surface area contributed by atoms with E-state index >= 15 is 0 Å². The summed E-state index contributed by atoms with van der Waals surface area (Å²) in [5.41, 5.74) is 5.04. The maximum absolute atomic E-state index is 6.78. The largest absolute Gasteiger partial charge is 2.00 e. The molecule has 0 aromatic heterocycles. The Morgan fingerprint density at radius 3 is 1.00 bits per heavy atom. The van der Waals surface area contributed by atoms with Crippen LogP contribution in [0.3, 0.4) is 0 Å². The molecule has 2 aliphatic carbocycles. The fraction of sp³-hybridized carbons (Fsp3) is 0.238. The molecular formula is C42H50FeO2Si4. The Bertz CT molecular complexity index is 1650. The van der Waals surface area contributed by atoms with Crippen molar-refractivity contribution in [2.24, 2.45) is 0 Å². The molecule has 0 saturated heterocycles. The molecule has 0 saturated carbocycles. The third-order valence-corrected chi connectivity index (χ3v) is 24.5. The minimum Gasteiger partial charge on any atom is -0.450 e. The first kappa shape index (κ1) is 38.9. The Morgan fingerprint density at radius 2 is 0.714 bits per heavy atom. The second kappa shape index (κ2) is 16.4. The van der Waals surface area contributed by atoms with E-state index in [1.807, 2.05) is 12.2 Å². The van der Waals surface area contributed by atoms with Gasteiger partial charge >= 0.3 is 17.1 Å². The zero-order valence-corrected chi connectivity index (χ0v) is 35.4. The van der Waals surface area contributed by atoms with Gasteiger partial charge in [0.2, 0.25) is 16.6 Å². The Morgan fingerprint density at radius 1 is 0.408 bits per heavy atom. The summed E-state index contributed by atoms with van der Waals surface area (Å²) in [6, 6.07) is 39.0. The van der Waals surface area contributed by atoms with Crippen molar-refractivity contribution in [3.8, 4) is 22.3 Å². The van der Waals surface area contributed by atoms with E-state index in [9.17, 15) is 0 Å². The van der Waals surface area contributed by atoms with Crippen LogP contribution >= 0.6 is 0 Å². The minimum atomic E-state index is -1.93. The quantitative estimate of drug-likeness (QED) is 0.119. The van der Waals surface area contributed by atoms with Crippen molar-refractivity contribution in [1.29, 1.82) is 0 Å². The van der Waals surface area contributed by atoms with E-state index in [4.69, 9.17) is 8.23 Å². The van der Waals surface area contributed by atoms with Gasteiger partial charge in [-0.3, -0.25) is 12.2 Å². The van der Waals surface area contributed by atoms with Crippen LogP contribution in [0.25, 0.3) is 22.3 Å². The van der Waals surface area contributed by atoms with E-state index in [1.54, 1.807) is 0 Å². The van der Waals surface area contributed by atoms with Crippen molar-refractivity contribution < 1.29 is 25.3 Å². The van der Waals surface area contributed by atoms with Gasteiger partial charge < -0.3 is 8.23 Å². The molecule has 0 aliphatic heterocycles. The fourth-order valence-corrected chi connectivity index (χ4v) is 22.7. The summed E-state index contributed by atoms with van der Waals surface area (Å²) in [6.07, 6.45) is 17.2. The summed E-state index contributed by atoms with van der Waals surface area (Å²) in [6.45, 7) is 18.4. The molecule has 0 N–H and O–H groups in total. The molecular weight excluding hydrogens is 705 g/mol. The minimum absolute atomic E-state index is 0. The van der Waals surface area contributed by atoms with Crippen LogP contribution in [0.5, 0.6) is 0 Å². The van der Waals surface area contributed by atoms with Gasteiger partial charge in [0.1, 0.15) is 0 Å². The summed E-state index contributed by atoms with van der Waals surface area (Å²) in [7, 11) is -7.59. The predicted molar refractivity (Wildman–Crippen MR) is 216 cm³/mol. The Hall–Kier alpha value is -2.85. The molecule has 0 bridgehead atoms. The summed E-state index contributed by atoms with van der Waals surface area (Å²) in [5.74, 6) is 0. The number of allylic oxidation sites excluding steroid dienone is 8. The van der Waals surface area contributed by atoms with Crippen molar-refractivity contribution in [1.82, 2.24) is 0 Å². The molecule has 7 heteroatoms. The monoisotopic (exact) mass is 754 g/mol. The first-order valence-corrected chi connectivity index (χ1v) is 28.7. The number of rotatable bonds is 10. The van der Waals surface area contributed by atoms with Gasteiger partial charge in [-0.05, 0) is 85.0 Å². The average Bonchev–Trinajstić information content (AvgIpc) is 3.82. The molecule has 6 rings (SSSR count). The van der Waals surface area contributed by atoms with Crippen molar-refractivity contribution in [3.05, 3.63) is 156 Å². The van der Waals surface area contributed by atoms with Gasteiger partial charge in [-0.15, -0.1) is 0 Å². The molecule has 4 aromatic carbocycles. The van der Waals surface area contributed by atoms with Crippen molar-refractivity contribution in [2.75, 3.05) is 0 Å². The first-order valence-electron chi connectivity index (χ1n) is 17.0. The Labute approximate surface area is 310 Å². The molecule has 0 radical (unpaired) electrons. The Balaban J connectivity index is 0.000000216. The third kappa shape index (κ3) is 10.1. The van der Waals surface area contributed by atoms with Crippen LogP contribution in [-0.4, -0.2) is 33.3 Å². The van der Waals surface area contributed by atoms with Gasteiger partial charge in [0, 0.05) is 0 Å². The molecule has 2 aliphatic rings. The van der Waals surface area contributed by atoms with Crippen LogP contribution in [0, 0.1) is 12.2 Å². The van der Waals surface area contributed by atoms with Crippen LogP contribution in [-0.2, 0) is 25.3 Å². The van der Waals surface area contributed by atoms with E-state index in [1.165, 1.54) is 43.0 Å². The fourth-order valence-electron chi connectivity index (χ4n) is 6.54. The zero-order valence-electron chi connectivity index (χ0n) is 30.3. The summed E-state index contributed by atoms with van der Waals surface area (Å²) in [5, 5.41) is 5.47. The first-order chi connectivity index (χ1) is 22.8. The average molecular weight is 755 g/mol. The maximum atomic E-state index is 6.78. The maximum Gasteiger partial charge on any atom is 2.00 e. The molecule has 0 heterocycles. The zero-order chi connectivity index (χ0) is 34.4. The van der Waals surface area contributed by atoms with E-state index in [2.05, 4.69) is 186 Å². The molecule has 254 valence electrons. The summed E-state index contributed by atoms with van der Waals surface area (Å²) in [4.78, 5) is 0. The number of hydrogen-bond donors (Lipinski definition) is 0. The molecule has 0 spiro atoms. The predicted octanol–water partition coefficient (Wildman–Crippen LogP) is 10.4. The number of hydrogen-bond acceptors (Lipinski definition) is 2. The van der Waals surface area contributed by atoms with Crippen LogP contribution in [0.15, 0.2) is 144 Å². The van der Waals surface area contributed by atoms with Crippen molar-refractivity contribution >= 4 is 43.6 Å². The third-order valence-electron chi connectivity index (χ3n) is 9.24. The van der Waals surface area contributed by atoms with Crippen molar-refractivity contribution in [3.63, 3.8) is 0 Å². The van der Waals surface area contributed by atoms with Crippen LogP contribution in [0.2, 0.25) is 52.4 Å². The van der Waals surface area contributed by atoms with Crippen LogP contribution < -0.4 is 10.4 Å². The molecule has 0 fully saturated rings. The molecule has 2 nitrogen and oxygen atoms in total. The molecule has 4 aromatic rings. The number of benzene rings is 4. The van der Waals surface area contributed by atoms with Crippen LogP contribution in [0.4, 0.5) is 0 Å². The second-order valence-electron chi connectivity index (χ2n) is 14.6. The van der Waals surface area contributed by atoms with E-state index in [0.717, 1.165) is 12.8 Å². The van der Waals surface area contributed by atoms with Gasteiger partial charge in [0.15, 0.2) is 16.6 Å². The Kier molecular flexibility index (Phi) is 13.1. The SMILES string of the molecule is C[Si](C)(O[Si](C)(C)c1ccc(-c2ccccc2)cc1)C1=[C-]C=CC1.C[Si](C)(O[Si](C)(C)c1ccc(-c2ccccc2)cc1)C1=[C-]C=CC1.[Fe+2]. The van der Waals surface area contributed by atoms with Gasteiger partial charge in [-0.2, -0.15) is 10.4 Å². The van der Waals surface area contributed by atoms with E-state index in [-0.39, 0.29) is 17.1 Å². The topological polar surface area (TPSA) is 18.5 Å². The standard InChI is InChI=1S/2C21H25OSi2.Fe/c2*1-23(2,20-12-8-9-13-20)22-24(3,4)21-16-14-19(15-17-21)18-10-6-5-7-11-18;/h2*5-11,14-17H,12H2,1-4H3;/q2*-1;+2. The molecule has 0 amide bonds. The smallest absolute Gasteiger partial charge is 0.450 e. The van der Waals surface area contributed by atoms with Gasteiger partial charge in [-0.25, -0.2) is 24.3 Å². The summed E-state index contributed by atoms with van der Waals surface area (Å²) >= 11 is 0. The van der Waals surface area contributed by atoms with E-state index < -0.39 is 33.3 Å². The van der Waals surface area contributed by atoms with Crippen LogP contribution in [0.1, 0.15) is 12.8 Å².